The number of anilines is 2. The van der Waals surface area contributed by atoms with Crippen molar-refractivity contribution < 1.29 is 33.4 Å². The van der Waals surface area contributed by atoms with Crippen LogP contribution in [0, 0.1) is 11.8 Å². The molecule has 3 aromatic rings. The molecule has 0 unspecified atom stereocenters. The molecule has 1 saturated carbocycles. The second kappa shape index (κ2) is 12.8. The summed E-state index contributed by atoms with van der Waals surface area (Å²) in [4.78, 5) is 64.5. The van der Waals surface area contributed by atoms with E-state index in [9.17, 15) is 24.0 Å². The zero-order valence-electron chi connectivity index (χ0n) is 23.3. The molecular formula is C33H32N2O7. The highest BCUT2D eigenvalue weighted by atomic mass is 16.5. The third-order valence-corrected chi connectivity index (χ3v) is 7.73. The highest BCUT2D eigenvalue weighted by Crippen LogP contribution is 2.45. The number of ether oxygens (including phenoxy) is 2. The maximum atomic E-state index is 13.3. The zero-order chi connectivity index (χ0) is 29.6. The standard InChI is InChI=1S/C33H32N2O7/c1-2-18-41-32(39)22-8-13-25(14-9-22)34-29(36)20-42-33(40)23-10-15-26(16-11-23)35-30(37)27-17-12-24(19-28(27)31(35)38)21-6-4-3-5-7-21/h3-11,13-16,24,27-28H,2,12,17-20H2,1H3,(H,34,36)/t24-,27+,28-/m0/s1. The molecule has 0 aromatic heterocycles. The average molecular weight is 569 g/mol. The molecule has 2 fully saturated rings. The van der Waals surface area contributed by atoms with Gasteiger partial charge in [-0.15, -0.1) is 0 Å². The average Bonchev–Trinajstić information content (AvgIpc) is 3.28. The van der Waals surface area contributed by atoms with Crippen LogP contribution in [0.5, 0.6) is 0 Å². The molecule has 9 nitrogen and oxygen atoms in total. The number of hydrogen-bond acceptors (Lipinski definition) is 7. The summed E-state index contributed by atoms with van der Waals surface area (Å²) in [6, 6.07) is 22.3. The van der Waals surface area contributed by atoms with E-state index >= 15 is 0 Å². The van der Waals surface area contributed by atoms with Crippen LogP contribution >= 0.6 is 0 Å². The highest BCUT2D eigenvalue weighted by molar-refractivity contribution is 6.22. The minimum atomic E-state index is -0.718. The smallest absolute Gasteiger partial charge is 0.338 e. The second-order valence-corrected chi connectivity index (χ2v) is 10.5. The summed E-state index contributed by atoms with van der Waals surface area (Å²) in [7, 11) is 0. The molecule has 1 heterocycles. The van der Waals surface area contributed by atoms with E-state index in [1.165, 1.54) is 34.7 Å². The molecular weight excluding hydrogens is 536 g/mol. The largest absolute Gasteiger partial charge is 0.462 e. The third kappa shape index (κ3) is 6.25. The van der Waals surface area contributed by atoms with Gasteiger partial charge in [-0.2, -0.15) is 0 Å². The number of hydrogen-bond donors (Lipinski definition) is 1. The van der Waals surface area contributed by atoms with Crippen LogP contribution in [0.2, 0.25) is 0 Å². The molecule has 0 spiro atoms. The van der Waals surface area contributed by atoms with Crippen LogP contribution in [0.15, 0.2) is 78.9 Å². The summed E-state index contributed by atoms with van der Waals surface area (Å²) < 4.78 is 10.2. The molecule has 2 aliphatic rings. The minimum Gasteiger partial charge on any atom is -0.462 e. The number of carbonyl (C=O) groups is 5. The number of nitrogens with zero attached hydrogens (tertiary/aromatic N) is 1. The Morgan fingerprint density at radius 2 is 1.40 bits per heavy atom. The van der Waals surface area contributed by atoms with Gasteiger partial charge in [0.05, 0.1) is 35.3 Å². The van der Waals surface area contributed by atoms with Crippen molar-refractivity contribution in [2.45, 2.75) is 38.5 Å². The summed E-state index contributed by atoms with van der Waals surface area (Å²) in [5.41, 5.74) is 2.58. The molecule has 5 rings (SSSR count). The number of benzene rings is 3. The number of nitrogens with one attached hydrogen (secondary N) is 1. The summed E-state index contributed by atoms with van der Waals surface area (Å²) >= 11 is 0. The quantitative estimate of drug-likeness (QED) is 0.281. The molecule has 1 aliphatic carbocycles. The van der Waals surface area contributed by atoms with E-state index < -0.39 is 24.5 Å². The molecule has 216 valence electrons. The van der Waals surface area contributed by atoms with Crippen LogP contribution in [0.1, 0.15) is 64.8 Å². The molecule has 1 aliphatic heterocycles. The normalized spacial score (nSPS) is 19.6. The van der Waals surface area contributed by atoms with Gasteiger partial charge in [-0.25, -0.2) is 9.59 Å². The van der Waals surface area contributed by atoms with Gasteiger partial charge in [0.2, 0.25) is 11.8 Å². The predicted octanol–water partition coefficient (Wildman–Crippen LogP) is 5.12. The number of fused-ring (bicyclic) bond motifs is 1. The fourth-order valence-corrected chi connectivity index (χ4v) is 5.59. The van der Waals surface area contributed by atoms with Crippen molar-refractivity contribution in [1.82, 2.24) is 0 Å². The topological polar surface area (TPSA) is 119 Å². The van der Waals surface area contributed by atoms with Crippen molar-refractivity contribution in [3.63, 3.8) is 0 Å². The number of esters is 2. The van der Waals surface area contributed by atoms with E-state index in [1.807, 2.05) is 25.1 Å². The number of carbonyl (C=O) groups excluding carboxylic acids is 5. The maximum Gasteiger partial charge on any atom is 0.338 e. The van der Waals surface area contributed by atoms with Gasteiger partial charge in [-0.3, -0.25) is 19.3 Å². The fourth-order valence-electron chi connectivity index (χ4n) is 5.59. The van der Waals surface area contributed by atoms with E-state index in [4.69, 9.17) is 9.47 Å². The first-order valence-corrected chi connectivity index (χ1v) is 14.1. The number of amides is 3. The lowest BCUT2D eigenvalue weighted by molar-refractivity contribution is -0.122. The van der Waals surface area contributed by atoms with Crippen molar-refractivity contribution in [1.29, 1.82) is 0 Å². The molecule has 0 radical (unpaired) electrons. The van der Waals surface area contributed by atoms with Crippen molar-refractivity contribution in [2.24, 2.45) is 11.8 Å². The first-order chi connectivity index (χ1) is 20.4. The summed E-state index contributed by atoms with van der Waals surface area (Å²) in [5, 5.41) is 2.60. The predicted molar refractivity (Wildman–Crippen MR) is 155 cm³/mol. The van der Waals surface area contributed by atoms with Crippen molar-refractivity contribution in [2.75, 3.05) is 23.4 Å². The molecule has 0 bridgehead atoms. The van der Waals surface area contributed by atoms with E-state index in [1.54, 1.807) is 24.3 Å². The first-order valence-electron chi connectivity index (χ1n) is 14.1. The Labute approximate surface area is 243 Å². The van der Waals surface area contributed by atoms with Crippen molar-refractivity contribution in [3.8, 4) is 0 Å². The van der Waals surface area contributed by atoms with E-state index in [0.717, 1.165) is 12.8 Å². The lowest BCUT2D eigenvalue weighted by Crippen LogP contribution is -2.30. The van der Waals surface area contributed by atoms with Gasteiger partial charge in [0.25, 0.3) is 5.91 Å². The Kier molecular flexibility index (Phi) is 8.76. The van der Waals surface area contributed by atoms with Gasteiger partial charge in [-0.1, -0.05) is 37.3 Å². The molecule has 42 heavy (non-hydrogen) atoms. The highest BCUT2D eigenvalue weighted by Gasteiger charge is 2.50. The van der Waals surface area contributed by atoms with Gasteiger partial charge >= 0.3 is 11.9 Å². The zero-order valence-corrected chi connectivity index (χ0v) is 23.3. The van der Waals surface area contributed by atoms with Crippen LogP contribution in [0.4, 0.5) is 11.4 Å². The Hall–Kier alpha value is -4.79. The molecule has 9 heteroatoms. The maximum absolute atomic E-state index is 13.3. The molecule has 3 aromatic carbocycles. The van der Waals surface area contributed by atoms with Crippen molar-refractivity contribution >= 4 is 41.0 Å². The van der Waals surface area contributed by atoms with Crippen LogP contribution < -0.4 is 10.2 Å². The molecule has 3 atom stereocenters. The monoisotopic (exact) mass is 568 g/mol. The minimum absolute atomic E-state index is 0.183. The van der Waals surface area contributed by atoms with Crippen LogP contribution in [0.25, 0.3) is 0 Å². The molecule has 1 saturated heterocycles. The van der Waals surface area contributed by atoms with Gasteiger partial charge in [0.1, 0.15) is 0 Å². The second-order valence-electron chi connectivity index (χ2n) is 10.5. The Morgan fingerprint density at radius 1 is 0.786 bits per heavy atom. The van der Waals surface area contributed by atoms with E-state index in [0.29, 0.717) is 36.4 Å². The number of rotatable bonds is 9. The third-order valence-electron chi connectivity index (χ3n) is 7.73. The summed E-state index contributed by atoms with van der Waals surface area (Å²) in [6.07, 6.45) is 2.87. The van der Waals surface area contributed by atoms with Gasteiger partial charge in [-0.05, 0) is 85.7 Å². The summed E-state index contributed by atoms with van der Waals surface area (Å²) in [6.45, 7) is 1.71. The van der Waals surface area contributed by atoms with Gasteiger partial charge in [0.15, 0.2) is 6.61 Å². The molecule has 3 amide bonds. The van der Waals surface area contributed by atoms with E-state index in [-0.39, 0.29) is 35.1 Å². The lowest BCUT2D eigenvalue weighted by Gasteiger charge is -2.28. The summed E-state index contributed by atoms with van der Waals surface area (Å²) in [5.74, 6) is -2.55. The first kappa shape index (κ1) is 28.7. The van der Waals surface area contributed by atoms with Gasteiger partial charge < -0.3 is 14.8 Å². The van der Waals surface area contributed by atoms with Crippen molar-refractivity contribution in [3.05, 3.63) is 95.6 Å². The Morgan fingerprint density at radius 3 is 2.07 bits per heavy atom. The van der Waals surface area contributed by atoms with Crippen LogP contribution in [-0.2, 0) is 23.9 Å². The van der Waals surface area contributed by atoms with Crippen LogP contribution in [0.3, 0.4) is 0 Å². The Bertz CT molecular complexity index is 1470. The fraction of sp³-hybridized carbons (Fsp3) is 0.303. The lowest BCUT2D eigenvalue weighted by atomic mass is 9.73. The van der Waals surface area contributed by atoms with Crippen LogP contribution in [-0.4, -0.2) is 42.9 Å². The molecule has 1 N–H and O–H groups in total. The number of imide groups is 1. The SMILES string of the molecule is CCCOC(=O)c1ccc(NC(=O)COC(=O)c2ccc(N3C(=O)[C@H]4C[C@@H](c5ccccc5)CC[C@H]4C3=O)cc2)cc1. The van der Waals surface area contributed by atoms with Gasteiger partial charge in [0, 0.05) is 5.69 Å². The van der Waals surface area contributed by atoms with E-state index in [2.05, 4.69) is 17.4 Å². The Balaban J connectivity index is 1.14.